The van der Waals surface area contributed by atoms with Crippen LogP contribution in [0, 0.1) is 0 Å². The van der Waals surface area contributed by atoms with Crippen LogP contribution in [-0.2, 0) is 9.90 Å². The van der Waals surface area contributed by atoms with Crippen molar-refractivity contribution < 1.29 is 9.90 Å². The van der Waals surface area contributed by atoms with Crippen LogP contribution >= 0.6 is 0 Å². The second kappa shape index (κ2) is 6.59. The Kier molecular flexibility index (Phi) is 6.24. The normalized spacial score (nSPS) is 9.70. The van der Waals surface area contributed by atoms with E-state index in [-0.39, 0.29) is 6.42 Å². The molecule has 0 unspecified atom stereocenters. The first kappa shape index (κ1) is 9.47. The predicted octanol–water partition coefficient (Wildman–Crippen LogP) is 2.30. The third-order valence-corrected chi connectivity index (χ3v) is 1.48. The van der Waals surface area contributed by atoms with Crippen LogP contribution in [0.25, 0.3) is 0 Å². The Balaban J connectivity index is 2.84. The van der Waals surface area contributed by atoms with Crippen molar-refractivity contribution in [1.82, 2.24) is 0 Å². The second-order valence-corrected chi connectivity index (χ2v) is 2.54. The monoisotopic (exact) mass is 143 g/mol. The molecule has 0 aromatic rings. The molecule has 0 amide bonds. The van der Waals surface area contributed by atoms with Gasteiger partial charge >= 0.3 is 5.97 Å². The summed E-state index contributed by atoms with van der Waals surface area (Å²) in [4.78, 5) is 9.92. The molecule has 0 rings (SSSR count). The Hall–Kier alpha value is -0.530. The maximum Gasteiger partial charge on any atom is 0.355 e. The average molecular weight is 143 g/mol. The van der Waals surface area contributed by atoms with Gasteiger partial charge in [-0.25, -0.2) is 9.90 Å². The zero-order chi connectivity index (χ0) is 7.82. The minimum Gasteiger partial charge on any atom is -0.247 e. The molecule has 0 aromatic heterocycles. The highest BCUT2D eigenvalue weighted by molar-refractivity contribution is 5.66. The van der Waals surface area contributed by atoms with Crippen molar-refractivity contribution in [2.45, 2.75) is 45.4 Å². The number of unbranched alkanes of at least 4 members (excludes halogenated alkanes) is 4. The summed E-state index contributed by atoms with van der Waals surface area (Å²) in [5, 5.41) is 9.92. The Morgan fingerprint density at radius 3 is 2.20 bits per heavy atom. The first-order valence-electron chi connectivity index (χ1n) is 3.97. The van der Waals surface area contributed by atoms with Gasteiger partial charge in [0.2, 0.25) is 0 Å². The van der Waals surface area contributed by atoms with E-state index in [0.717, 1.165) is 19.3 Å². The molecule has 0 N–H and O–H groups in total. The largest absolute Gasteiger partial charge is 0.355 e. The van der Waals surface area contributed by atoms with Crippen LogP contribution in [0.3, 0.4) is 0 Å². The topological polar surface area (TPSA) is 37.0 Å². The minimum atomic E-state index is -0.920. The van der Waals surface area contributed by atoms with E-state index in [1.807, 2.05) is 0 Å². The fourth-order valence-electron chi connectivity index (χ4n) is 0.873. The molecule has 0 spiro atoms. The summed E-state index contributed by atoms with van der Waals surface area (Å²) in [5.41, 5.74) is 0. The van der Waals surface area contributed by atoms with Crippen LogP contribution in [0.5, 0.6) is 0 Å². The highest BCUT2D eigenvalue weighted by Gasteiger charge is 1.97. The van der Waals surface area contributed by atoms with Crippen LogP contribution in [0.1, 0.15) is 45.4 Å². The quantitative estimate of drug-likeness (QED) is 0.525. The van der Waals surface area contributed by atoms with E-state index >= 15 is 0 Å². The molecule has 0 atom stereocenters. The molecule has 0 aliphatic heterocycles. The van der Waals surface area contributed by atoms with Crippen molar-refractivity contribution in [2.24, 2.45) is 0 Å². The summed E-state index contributed by atoms with van der Waals surface area (Å²) in [6, 6.07) is 0. The lowest BCUT2D eigenvalue weighted by Crippen LogP contribution is -1.91. The summed E-state index contributed by atoms with van der Waals surface area (Å²) < 4.78 is 0. The van der Waals surface area contributed by atoms with Gasteiger partial charge in [-0.3, -0.25) is 0 Å². The van der Waals surface area contributed by atoms with Gasteiger partial charge in [0.15, 0.2) is 0 Å². The molecule has 2 heteroatoms. The summed E-state index contributed by atoms with van der Waals surface area (Å²) >= 11 is 0. The standard InChI is InChI=1S/C8H15O2/c1-2-3-4-5-6-7-8(9)10/h2-7H2,1H3. The van der Waals surface area contributed by atoms with Crippen molar-refractivity contribution in [3.05, 3.63) is 0 Å². The molecular formula is C8H15O2. The maximum atomic E-state index is 9.92. The molecule has 10 heavy (non-hydrogen) atoms. The fraction of sp³-hybridized carbons (Fsp3) is 0.875. The summed E-state index contributed by atoms with van der Waals surface area (Å²) in [6.45, 7) is 2.14. The van der Waals surface area contributed by atoms with Crippen LogP contribution in [0.15, 0.2) is 0 Å². The summed E-state index contributed by atoms with van der Waals surface area (Å²) in [6.07, 6.45) is 5.61. The van der Waals surface area contributed by atoms with Gasteiger partial charge in [0.05, 0.1) is 6.42 Å². The van der Waals surface area contributed by atoms with Gasteiger partial charge in [-0.1, -0.05) is 32.6 Å². The summed E-state index contributed by atoms with van der Waals surface area (Å²) in [5.74, 6) is -0.920. The van der Waals surface area contributed by atoms with Crippen LogP contribution in [0.4, 0.5) is 0 Å². The van der Waals surface area contributed by atoms with Crippen LogP contribution < -0.4 is 0 Å². The molecule has 0 heterocycles. The molecule has 0 bridgehead atoms. The zero-order valence-electron chi connectivity index (χ0n) is 6.56. The van der Waals surface area contributed by atoms with Gasteiger partial charge in [-0.05, 0) is 6.42 Å². The first-order valence-corrected chi connectivity index (χ1v) is 3.97. The van der Waals surface area contributed by atoms with E-state index in [2.05, 4.69) is 6.92 Å². The van der Waals surface area contributed by atoms with E-state index in [4.69, 9.17) is 0 Å². The number of hydrogen-bond donors (Lipinski definition) is 0. The number of hydrogen-bond acceptors (Lipinski definition) is 1. The van der Waals surface area contributed by atoms with Gasteiger partial charge in [-0.15, -0.1) is 0 Å². The van der Waals surface area contributed by atoms with Gasteiger partial charge in [0.25, 0.3) is 0 Å². The lowest BCUT2D eigenvalue weighted by atomic mass is 10.1. The number of rotatable bonds is 6. The Bertz CT molecular complexity index is 89.3. The lowest BCUT2D eigenvalue weighted by molar-refractivity contribution is -0.143. The van der Waals surface area contributed by atoms with E-state index in [1.54, 1.807) is 0 Å². The average Bonchev–Trinajstić information content (AvgIpc) is 1.87. The molecule has 0 aliphatic carbocycles. The molecular weight excluding hydrogens is 128 g/mol. The number of carbonyl (C=O) groups excluding carboxylic acids is 1. The SMILES string of the molecule is CCCCCCCC([O])=O. The second-order valence-electron chi connectivity index (χ2n) is 2.54. The molecule has 1 radical (unpaired) electrons. The zero-order valence-corrected chi connectivity index (χ0v) is 6.56. The molecule has 0 saturated heterocycles. The maximum absolute atomic E-state index is 9.92. The highest BCUT2D eigenvalue weighted by Crippen LogP contribution is 2.04. The van der Waals surface area contributed by atoms with Crippen molar-refractivity contribution in [3.8, 4) is 0 Å². The minimum absolute atomic E-state index is 0.226. The van der Waals surface area contributed by atoms with E-state index in [9.17, 15) is 9.90 Å². The molecule has 0 aromatic carbocycles. The molecule has 0 aliphatic rings. The van der Waals surface area contributed by atoms with Gasteiger partial charge < -0.3 is 0 Å². The van der Waals surface area contributed by atoms with Crippen molar-refractivity contribution in [3.63, 3.8) is 0 Å². The Labute approximate surface area is 62.2 Å². The smallest absolute Gasteiger partial charge is 0.247 e. The lowest BCUT2D eigenvalue weighted by Gasteiger charge is -1.94. The molecule has 0 fully saturated rings. The Morgan fingerprint density at radius 2 is 1.70 bits per heavy atom. The van der Waals surface area contributed by atoms with Gasteiger partial charge in [-0.2, -0.15) is 0 Å². The fourth-order valence-corrected chi connectivity index (χ4v) is 0.873. The third kappa shape index (κ3) is 7.47. The Morgan fingerprint density at radius 1 is 1.10 bits per heavy atom. The molecule has 2 nitrogen and oxygen atoms in total. The van der Waals surface area contributed by atoms with Crippen LogP contribution in [0.2, 0.25) is 0 Å². The highest BCUT2D eigenvalue weighted by atomic mass is 16.4. The number of carbonyl (C=O) groups is 1. The van der Waals surface area contributed by atoms with Crippen molar-refractivity contribution in [2.75, 3.05) is 0 Å². The summed E-state index contributed by atoms with van der Waals surface area (Å²) in [7, 11) is 0. The van der Waals surface area contributed by atoms with Gasteiger partial charge in [0.1, 0.15) is 0 Å². The predicted molar refractivity (Wildman–Crippen MR) is 39.1 cm³/mol. The van der Waals surface area contributed by atoms with Crippen molar-refractivity contribution >= 4 is 5.97 Å². The van der Waals surface area contributed by atoms with Crippen LogP contribution in [-0.4, -0.2) is 5.97 Å². The third-order valence-electron chi connectivity index (χ3n) is 1.48. The van der Waals surface area contributed by atoms with E-state index < -0.39 is 5.97 Å². The van der Waals surface area contributed by atoms with Crippen molar-refractivity contribution in [1.29, 1.82) is 0 Å². The van der Waals surface area contributed by atoms with E-state index in [1.165, 1.54) is 12.8 Å². The van der Waals surface area contributed by atoms with E-state index in [0.29, 0.717) is 0 Å². The molecule has 0 saturated carbocycles. The van der Waals surface area contributed by atoms with Gasteiger partial charge in [0, 0.05) is 0 Å². The first-order chi connectivity index (χ1) is 4.77. The molecule has 59 valence electrons.